The lowest BCUT2D eigenvalue weighted by atomic mass is 10.0. The molecule has 0 bridgehead atoms. The van der Waals surface area contributed by atoms with Crippen LogP contribution in [0.15, 0.2) is 41.6 Å². The van der Waals surface area contributed by atoms with Crippen molar-refractivity contribution in [1.29, 1.82) is 0 Å². The Morgan fingerprint density at radius 2 is 2.13 bits per heavy atom. The highest BCUT2D eigenvalue weighted by Gasteiger charge is 2.32. The zero-order valence-corrected chi connectivity index (χ0v) is 13.5. The van der Waals surface area contributed by atoms with Crippen molar-refractivity contribution in [2.75, 3.05) is 6.61 Å². The summed E-state index contributed by atoms with van der Waals surface area (Å²) in [5.74, 6) is -0.366. The molecule has 3 rings (SSSR count). The van der Waals surface area contributed by atoms with E-state index in [1.807, 2.05) is 0 Å². The lowest BCUT2D eigenvalue weighted by Crippen LogP contribution is -2.36. The fourth-order valence-corrected chi connectivity index (χ4v) is 3.90. The van der Waals surface area contributed by atoms with E-state index in [1.54, 1.807) is 19.2 Å². The summed E-state index contributed by atoms with van der Waals surface area (Å²) in [6.45, 7) is 0.594. The summed E-state index contributed by atoms with van der Waals surface area (Å²) in [6.07, 6.45) is 4.07. The molecule has 0 radical (unpaired) electrons. The predicted molar refractivity (Wildman–Crippen MR) is 81.6 cm³/mol. The third kappa shape index (κ3) is 3.60. The Labute approximate surface area is 134 Å². The maximum atomic E-state index is 13.2. The average Bonchev–Trinajstić information content (AvgIpc) is 3.17. The van der Waals surface area contributed by atoms with Gasteiger partial charge >= 0.3 is 0 Å². The van der Waals surface area contributed by atoms with Gasteiger partial charge in [-0.1, -0.05) is 12.1 Å². The van der Waals surface area contributed by atoms with E-state index in [9.17, 15) is 12.8 Å². The van der Waals surface area contributed by atoms with Crippen LogP contribution in [0.4, 0.5) is 4.39 Å². The summed E-state index contributed by atoms with van der Waals surface area (Å²) in [5, 5.41) is 3.89. The van der Waals surface area contributed by atoms with E-state index in [4.69, 9.17) is 4.74 Å². The van der Waals surface area contributed by atoms with Crippen LogP contribution in [0, 0.1) is 5.82 Å². The highest BCUT2D eigenvalue weighted by molar-refractivity contribution is 7.89. The Morgan fingerprint density at radius 1 is 1.39 bits per heavy atom. The Hall–Kier alpha value is -1.77. The lowest BCUT2D eigenvalue weighted by molar-refractivity contribution is 0.0852. The molecule has 0 aliphatic carbocycles. The van der Waals surface area contributed by atoms with Gasteiger partial charge in [-0.3, -0.25) is 4.68 Å². The number of aryl methyl sites for hydroxylation is 1. The molecule has 1 aliphatic heterocycles. The van der Waals surface area contributed by atoms with Gasteiger partial charge < -0.3 is 4.74 Å². The van der Waals surface area contributed by atoms with Gasteiger partial charge in [0, 0.05) is 19.9 Å². The number of sulfonamides is 1. The molecule has 2 atom stereocenters. The molecule has 23 heavy (non-hydrogen) atoms. The molecule has 1 N–H and O–H groups in total. The van der Waals surface area contributed by atoms with Crippen molar-refractivity contribution in [3.05, 3.63) is 48.0 Å². The number of nitrogens with one attached hydrogen (secondary N) is 1. The number of hydrogen-bond acceptors (Lipinski definition) is 4. The molecule has 6 nitrogen and oxygen atoms in total. The Balaban J connectivity index is 1.90. The SMILES string of the molecule is Cn1cc(S(=O)(=O)N[C@@H](c2ccc(F)cc2)[C@@H]2CCCO2)cn1. The van der Waals surface area contributed by atoms with Crippen LogP contribution in [0.25, 0.3) is 0 Å². The van der Waals surface area contributed by atoms with Gasteiger partial charge in [0.15, 0.2) is 0 Å². The van der Waals surface area contributed by atoms with Gasteiger partial charge in [0.05, 0.1) is 18.3 Å². The van der Waals surface area contributed by atoms with Gasteiger partial charge in [0.2, 0.25) is 10.0 Å². The molecule has 1 aliphatic rings. The van der Waals surface area contributed by atoms with Gasteiger partial charge in [0.1, 0.15) is 10.7 Å². The van der Waals surface area contributed by atoms with E-state index in [-0.39, 0.29) is 16.8 Å². The van der Waals surface area contributed by atoms with E-state index >= 15 is 0 Å². The van der Waals surface area contributed by atoms with E-state index < -0.39 is 16.1 Å². The highest BCUT2D eigenvalue weighted by Crippen LogP contribution is 2.28. The molecule has 124 valence electrons. The summed E-state index contributed by atoms with van der Waals surface area (Å²) >= 11 is 0. The van der Waals surface area contributed by atoms with Gasteiger partial charge in [-0.25, -0.2) is 17.5 Å². The smallest absolute Gasteiger partial charge is 0.244 e. The van der Waals surface area contributed by atoms with Crippen molar-refractivity contribution >= 4 is 10.0 Å². The van der Waals surface area contributed by atoms with Gasteiger partial charge in [-0.05, 0) is 30.5 Å². The van der Waals surface area contributed by atoms with Crippen LogP contribution in [-0.2, 0) is 21.8 Å². The lowest BCUT2D eigenvalue weighted by Gasteiger charge is -2.24. The molecule has 0 amide bonds. The van der Waals surface area contributed by atoms with Gasteiger partial charge in [-0.15, -0.1) is 0 Å². The zero-order chi connectivity index (χ0) is 16.4. The van der Waals surface area contributed by atoms with Crippen LogP contribution in [-0.4, -0.2) is 30.9 Å². The van der Waals surface area contributed by atoms with Crippen molar-refractivity contribution in [1.82, 2.24) is 14.5 Å². The fraction of sp³-hybridized carbons (Fsp3) is 0.400. The normalized spacial score (nSPS) is 19.8. The van der Waals surface area contributed by atoms with Crippen molar-refractivity contribution in [2.24, 2.45) is 7.05 Å². The molecule has 0 unspecified atom stereocenters. The zero-order valence-electron chi connectivity index (χ0n) is 12.6. The summed E-state index contributed by atoms with van der Waals surface area (Å²) in [5.41, 5.74) is 0.672. The minimum Gasteiger partial charge on any atom is -0.376 e. The predicted octanol–water partition coefficient (Wildman–Crippen LogP) is 1.76. The number of benzene rings is 1. The molecule has 1 aromatic carbocycles. The second-order valence-electron chi connectivity index (χ2n) is 5.55. The summed E-state index contributed by atoms with van der Waals surface area (Å²) < 4.78 is 48.0. The first-order valence-corrected chi connectivity index (χ1v) is 8.82. The number of rotatable bonds is 5. The number of nitrogens with zero attached hydrogens (tertiary/aromatic N) is 2. The van der Waals surface area contributed by atoms with Crippen molar-refractivity contribution < 1.29 is 17.5 Å². The van der Waals surface area contributed by atoms with E-state index in [2.05, 4.69) is 9.82 Å². The molecule has 1 saturated heterocycles. The number of hydrogen-bond donors (Lipinski definition) is 1. The molecule has 2 heterocycles. The monoisotopic (exact) mass is 339 g/mol. The summed E-state index contributed by atoms with van der Waals surface area (Å²) in [4.78, 5) is 0.0881. The van der Waals surface area contributed by atoms with Crippen LogP contribution in [0.1, 0.15) is 24.4 Å². The van der Waals surface area contributed by atoms with E-state index in [0.29, 0.717) is 12.2 Å². The minimum absolute atomic E-state index is 0.0881. The summed E-state index contributed by atoms with van der Waals surface area (Å²) in [6, 6.07) is 5.22. The average molecular weight is 339 g/mol. The second kappa shape index (κ2) is 6.38. The van der Waals surface area contributed by atoms with Crippen molar-refractivity contribution in [2.45, 2.75) is 29.9 Å². The molecule has 0 spiro atoms. The molecule has 1 aromatic heterocycles. The van der Waals surface area contributed by atoms with Crippen LogP contribution in [0.3, 0.4) is 0 Å². The molecule has 2 aromatic rings. The number of aromatic nitrogens is 2. The first-order chi connectivity index (χ1) is 11.0. The third-order valence-corrected chi connectivity index (χ3v) is 5.24. The van der Waals surface area contributed by atoms with Crippen molar-refractivity contribution in [3.8, 4) is 0 Å². The molecule has 8 heteroatoms. The fourth-order valence-electron chi connectivity index (χ4n) is 2.67. The number of ether oxygens (including phenoxy) is 1. The minimum atomic E-state index is -3.74. The Morgan fingerprint density at radius 3 is 2.70 bits per heavy atom. The largest absolute Gasteiger partial charge is 0.376 e. The van der Waals surface area contributed by atoms with Gasteiger partial charge in [-0.2, -0.15) is 5.10 Å². The van der Waals surface area contributed by atoms with E-state index in [1.165, 1.54) is 29.2 Å². The highest BCUT2D eigenvalue weighted by atomic mass is 32.2. The summed E-state index contributed by atoms with van der Waals surface area (Å²) in [7, 11) is -2.09. The van der Waals surface area contributed by atoms with Gasteiger partial charge in [0.25, 0.3) is 0 Å². The first kappa shape index (κ1) is 16.1. The molecular weight excluding hydrogens is 321 g/mol. The first-order valence-electron chi connectivity index (χ1n) is 7.34. The van der Waals surface area contributed by atoms with Crippen LogP contribution in [0.5, 0.6) is 0 Å². The Bertz CT molecular complexity index is 768. The second-order valence-corrected chi connectivity index (χ2v) is 7.27. The molecule has 1 fully saturated rings. The molecular formula is C15H18FN3O3S. The number of halogens is 1. The maximum absolute atomic E-state index is 13.2. The van der Waals surface area contributed by atoms with Crippen LogP contribution < -0.4 is 4.72 Å². The quantitative estimate of drug-likeness (QED) is 0.901. The Kier molecular flexibility index (Phi) is 4.47. The topological polar surface area (TPSA) is 73.2 Å². The molecule has 0 saturated carbocycles. The standard InChI is InChI=1S/C15H18FN3O3S/c1-19-10-13(9-17-19)23(20,21)18-15(14-3-2-8-22-14)11-4-6-12(16)7-5-11/h4-7,9-10,14-15,18H,2-3,8H2,1H3/t14-,15-/m0/s1. The van der Waals surface area contributed by atoms with E-state index in [0.717, 1.165) is 12.8 Å². The van der Waals surface area contributed by atoms with Crippen LogP contribution in [0.2, 0.25) is 0 Å². The maximum Gasteiger partial charge on any atom is 0.244 e. The third-order valence-electron chi connectivity index (χ3n) is 3.84. The van der Waals surface area contributed by atoms with Crippen molar-refractivity contribution in [3.63, 3.8) is 0 Å². The van der Waals surface area contributed by atoms with Crippen LogP contribution >= 0.6 is 0 Å².